The summed E-state index contributed by atoms with van der Waals surface area (Å²) >= 11 is 1.29. The van der Waals surface area contributed by atoms with E-state index in [2.05, 4.69) is 15.5 Å². The van der Waals surface area contributed by atoms with Crippen LogP contribution in [0.3, 0.4) is 0 Å². The first-order valence-corrected chi connectivity index (χ1v) is 11.3. The Morgan fingerprint density at radius 1 is 1.06 bits per heavy atom. The molecule has 6 nitrogen and oxygen atoms in total. The van der Waals surface area contributed by atoms with Crippen molar-refractivity contribution in [1.29, 1.82) is 0 Å². The van der Waals surface area contributed by atoms with Crippen molar-refractivity contribution in [2.75, 3.05) is 5.32 Å². The third-order valence-electron chi connectivity index (χ3n) is 4.85. The SMILES string of the molecule is Cc1cccc(NC(=O)C(C)Sc2nnc(COc3ccccc3F)n2-c2ccccc2)c1. The summed E-state index contributed by atoms with van der Waals surface area (Å²) in [5.74, 6) is 0.0511. The molecule has 33 heavy (non-hydrogen) atoms. The van der Waals surface area contributed by atoms with E-state index in [1.54, 1.807) is 18.2 Å². The molecule has 1 N–H and O–H groups in total. The average molecular weight is 463 g/mol. The average Bonchev–Trinajstić information content (AvgIpc) is 3.21. The van der Waals surface area contributed by atoms with Crippen LogP contribution in [0, 0.1) is 12.7 Å². The normalized spacial score (nSPS) is 11.7. The highest BCUT2D eigenvalue weighted by Gasteiger charge is 2.22. The fourth-order valence-electron chi connectivity index (χ4n) is 3.19. The van der Waals surface area contributed by atoms with Crippen LogP contribution in [-0.4, -0.2) is 25.9 Å². The minimum atomic E-state index is -0.445. The number of nitrogens with zero attached hydrogens (tertiary/aromatic N) is 3. The monoisotopic (exact) mass is 462 g/mol. The van der Waals surface area contributed by atoms with Gasteiger partial charge in [0.15, 0.2) is 22.5 Å². The molecule has 8 heteroatoms. The lowest BCUT2D eigenvalue weighted by Gasteiger charge is -2.14. The second-order valence-electron chi connectivity index (χ2n) is 7.41. The second-order valence-corrected chi connectivity index (χ2v) is 8.72. The molecular weight excluding hydrogens is 439 g/mol. The van der Waals surface area contributed by atoms with Gasteiger partial charge in [-0.3, -0.25) is 9.36 Å². The van der Waals surface area contributed by atoms with Crippen LogP contribution in [0.25, 0.3) is 5.69 Å². The van der Waals surface area contributed by atoms with Gasteiger partial charge in [0.2, 0.25) is 5.91 Å². The van der Waals surface area contributed by atoms with E-state index in [9.17, 15) is 9.18 Å². The number of carbonyl (C=O) groups is 1. The second kappa shape index (κ2) is 10.3. The van der Waals surface area contributed by atoms with E-state index in [-0.39, 0.29) is 18.3 Å². The van der Waals surface area contributed by atoms with E-state index in [0.29, 0.717) is 11.0 Å². The standard InChI is InChI=1S/C25H23FN4O2S/c1-17-9-8-10-19(15-17)27-24(31)18(2)33-25-29-28-23(30(25)20-11-4-3-5-12-20)16-32-22-14-7-6-13-21(22)26/h3-15,18H,16H2,1-2H3,(H,27,31). The summed E-state index contributed by atoms with van der Waals surface area (Å²) in [4.78, 5) is 12.8. The number of aromatic nitrogens is 3. The Hall–Kier alpha value is -3.65. The Labute approximate surface area is 195 Å². The number of rotatable bonds is 8. The Balaban J connectivity index is 1.55. The number of hydrogen-bond acceptors (Lipinski definition) is 5. The van der Waals surface area contributed by atoms with Gasteiger partial charge >= 0.3 is 0 Å². The number of anilines is 1. The molecule has 0 saturated carbocycles. The molecular formula is C25H23FN4O2S. The molecule has 0 aliphatic heterocycles. The number of nitrogens with one attached hydrogen (secondary N) is 1. The van der Waals surface area contributed by atoms with Crippen LogP contribution < -0.4 is 10.1 Å². The molecule has 4 rings (SSSR count). The van der Waals surface area contributed by atoms with Crippen LogP contribution in [0.4, 0.5) is 10.1 Å². The lowest BCUT2D eigenvalue weighted by molar-refractivity contribution is -0.115. The predicted molar refractivity (Wildman–Crippen MR) is 127 cm³/mol. The zero-order valence-electron chi connectivity index (χ0n) is 18.2. The maximum atomic E-state index is 14.0. The lowest BCUT2D eigenvalue weighted by atomic mass is 10.2. The van der Waals surface area contributed by atoms with Crippen molar-refractivity contribution < 1.29 is 13.9 Å². The Morgan fingerprint density at radius 3 is 2.58 bits per heavy atom. The highest BCUT2D eigenvalue weighted by Crippen LogP contribution is 2.27. The molecule has 3 aromatic carbocycles. The number of amides is 1. The third kappa shape index (κ3) is 5.59. The van der Waals surface area contributed by atoms with E-state index in [0.717, 1.165) is 16.9 Å². The van der Waals surface area contributed by atoms with Crippen LogP contribution in [0.1, 0.15) is 18.3 Å². The number of ether oxygens (including phenoxy) is 1. The molecule has 0 saturated heterocycles. The van der Waals surface area contributed by atoms with E-state index in [1.807, 2.05) is 73.0 Å². The van der Waals surface area contributed by atoms with Gasteiger partial charge in [-0.2, -0.15) is 0 Å². The van der Waals surface area contributed by atoms with Crippen molar-refractivity contribution in [2.45, 2.75) is 30.9 Å². The molecule has 0 aliphatic carbocycles. The molecule has 0 bridgehead atoms. The van der Waals surface area contributed by atoms with Crippen LogP contribution >= 0.6 is 11.8 Å². The minimum Gasteiger partial charge on any atom is -0.483 e. The van der Waals surface area contributed by atoms with Gasteiger partial charge in [0.25, 0.3) is 0 Å². The third-order valence-corrected chi connectivity index (χ3v) is 5.89. The number of carbonyl (C=O) groups excluding carboxylic acids is 1. The van der Waals surface area contributed by atoms with Crippen molar-refractivity contribution in [2.24, 2.45) is 0 Å². The van der Waals surface area contributed by atoms with Gasteiger partial charge in [0.05, 0.1) is 5.25 Å². The number of para-hydroxylation sites is 2. The Kier molecular flexibility index (Phi) is 7.04. The van der Waals surface area contributed by atoms with Crippen molar-refractivity contribution in [3.63, 3.8) is 0 Å². The summed E-state index contributed by atoms with van der Waals surface area (Å²) in [5, 5.41) is 11.6. The van der Waals surface area contributed by atoms with Gasteiger partial charge in [0, 0.05) is 11.4 Å². The molecule has 168 valence electrons. The largest absolute Gasteiger partial charge is 0.483 e. The van der Waals surface area contributed by atoms with Crippen molar-refractivity contribution in [3.05, 3.63) is 96.1 Å². The molecule has 1 amide bonds. The van der Waals surface area contributed by atoms with Crippen LogP contribution in [-0.2, 0) is 11.4 Å². The summed E-state index contributed by atoms with van der Waals surface area (Å²) in [6, 6.07) is 23.4. The zero-order valence-corrected chi connectivity index (χ0v) is 19.1. The first-order chi connectivity index (χ1) is 16.0. The smallest absolute Gasteiger partial charge is 0.237 e. The summed E-state index contributed by atoms with van der Waals surface area (Å²) < 4.78 is 21.4. The topological polar surface area (TPSA) is 69.0 Å². The molecule has 0 aliphatic rings. The molecule has 0 fully saturated rings. The fraction of sp³-hybridized carbons (Fsp3) is 0.160. The first-order valence-electron chi connectivity index (χ1n) is 10.4. The lowest BCUT2D eigenvalue weighted by Crippen LogP contribution is -2.23. The summed E-state index contributed by atoms with van der Waals surface area (Å²) in [6.07, 6.45) is 0. The van der Waals surface area contributed by atoms with Gasteiger partial charge in [-0.1, -0.05) is 54.2 Å². The van der Waals surface area contributed by atoms with Crippen LogP contribution in [0.5, 0.6) is 5.75 Å². The summed E-state index contributed by atoms with van der Waals surface area (Å²) in [5.41, 5.74) is 2.64. The number of thioether (sulfide) groups is 1. The van der Waals surface area contributed by atoms with E-state index in [4.69, 9.17) is 4.74 Å². The molecule has 1 heterocycles. The van der Waals surface area contributed by atoms with E-state index < -0.39 is 11.1 Å². The number of aryl methyl sites for hydroxylation is 1. The number of halogens is 1. The number of benzene rings is 3. The van der Waals surface area contributed by atoms with Gasteiger partial charge in [-0.15, -0.1) is 10.2 Å². The predicted octanol–water partition coefficient (Wildman–Crippen LogP) is 5.41. The van der Waals surface area contributed by atoms with Gasteiger partial charge in [-0.05, 0) is 55.8 Å². The van der Waals surface area contributed by atoms with Crippen molar-refractivity contribution >= 4 is 23.4 Å². The molecule has 1 unspecified atom stereocenters. The maximum absolute atomic E-state index is 14.0. The highest BCUT2D eigenvalue weighted by atomic mass is 32.2. The van der Waals surface area contributed by atoms with Gasteiger partial charge < -0.3 is 10.1 Å². The van der Waals surface area contributed by atoms with Gasteiger partial charge in [-0.25, -0.2) is 4.39 Å². The molecule has 4 aromatic rings. The van der Waals surface area contributed by atoms with Crippen molar-refractivity contribution in [3.8, 4) is 11.4 Å². The molecule has 0 radical (unpaired) electrons. The van der Waals surface area contributed by atoms with Gasteiger partial charge in [0.1, 0.15) is 6.61 Å². The summed E-state index contributed by atoms with van der Waals surface area (Å²) in [7, 11) is 0. The van der Waals surface area contributed by atoms with Crippen molar-refractivity contribution in [1.82, 2.24) is 14.8 Å². The maximum Gasteiger partial charge on any atom is 0.237 e. The highest BCUT2D eigenvalue weighted by molar-refractivity contribution is 8.00. The zero-order chi connectivity index (χ0) is 23.2. The van der Waals surface area contributed by atoms with E-state index in [1.165, 1.54) is 17.8 Å². The number of hydrogen-bond donors (Lipinski definition) is 1. The van der Waals surface area contributed by atoms with Crippen LogP contribution in [0.2, 0.25) is 0 Å². The van der Waals surface area contributed by atoms with Crippen LogP contribution in [0.15, 0.2) is 84.0 Å². The minimum absolute atomic E-state index is 0.0211. The quantitative estimate of drug-likeness (QED) is 0.355. The van der Waals surface area contributed by atoms with E-state index >= 15 is 0 Å². The molecule has 1 atom stereocenters. The Morgan fingerprint density at radius 2 is 1.82 bits per heavy atom. The fourth-order valence-corrected chi connectivity index (χ4v) is 4.08. The molecule has 1 aromatic heterocycles. The first kappa shape index (κ1) is 22.5. The summed E-state index contributed by atoms with van der Waals surface area (Å²) in [6.45, 7) is 3.81. The Bertz CT molecular complexity index is 1250. The molecule has 0 spiro atoms.